The molecule has 0 bridgehead atoms. The molecule has 0 spiro atoms. The maximum absolute atomic E-state index is 12.1. The lowest BCUT2D eigenvalue weighted by molar-refractivity contribution is -0.135. The van der Waals surface area contributed by atoms with Gasteiger partial charge in [-0.15, -0.1) is 0 Å². The molecule has 0 aliphatic heterocycles. The summed E-state index contributed by atoms with van der Waals surface area (Å²) in [5, 5.41) is 8.89. The van der Waals surface area contributed by atoms with E-state index in [2.05, 4.69) is 4.74 Å². The van der Waals surface area contributed by atoms with Gasteiger partial charge in [0.25, 0.3) is 0 Å². The molecule has 0 unspecified atom stereocenters. The molecule has 1 rings (SSSR count). The maximum atomic E-state index is 12.1. The fourth-order valence-corrected chi connectivity index (χ4v) is 1.58. The molecule has 1 aromatic carbocycles. The van der Waals surface area contributed by atoms with Gasteiger partial charge < -0.3 is 4.74 Å². The third kappa shape index (κ3) is 4.62. The average molecular weight is 271 g/mol. The summed E-state index contributed by atoms with van der Waals surface area (Å²) in [6.45, 7) is 0. The fourth-order valence-electron chi connectivity index (χ4n) is 1.58. The van der Waals surface area contributed by atoms with Gasteiger partial charge in [-0.25, -0.2) is 4.79 Å². The number of ether oxygens (including phenoxy) is 1. The van der Waals surface area contributed by atoms with Gasteiger partial charge in [0.05, 0.1) is 24.7 Å². The van der Waals surface area contributed by atoms with Crippen molar-refractivity contribution in [2.24, 2.45) is 0 Å². The summed E-state index contributed by atoms with van der Waals surface area (Å²) in [6, 6.07) is 7.63. The highest BCUT2D eigenvalue weighted by Crippen LogP contribution is 2.28. The molecule has 102 valence electrons. The molecule has 0 radical (unpaired) electrons. The van der Waals surface area contributed by atoms with Crippen molar-refractivity contribution in [2.75, 3.05) is 7.11 Å². The van der Waals surface area contributed by atoms with E-state index in [1.807, 2.05) is 6.07 Å². The molecule has 0 aromatic heterocycles. The van der Waals surface area contributed by atoms with E-state index in [0.29, 0.717) is 11.1 Å². The van der Waals surface area contributed by atoms with Crippen molar-refractivity contribution in [1.29, 1.82) is 5.26 Å². The number of rotatable bonds is 4. The van der Waals surface area contributed by atoms with Crippen molar-refractivity contribution >= 4 is 5.97 Å². The molecular weight excluding hydrogens is 259 g/mol. The SMILES string of the molecule is COC(=O)c1ccc([C@@H](C#N)CCC(F)(F)F)cc1. The van der Waals surface area contributed by atoms with Gasteiger partial charge in [-0.2, -0.15) is 18.4 Å². The third-order valence-electron chi connectivity index (χ3n) is 2.61. The van der Waals surface area contributed by atoms with Gasteiger partial charge in [-0.1, -0.05) is 12.1 Å². The summed E-state index contributed by atoms with van der Waals surface area (Å²) in [4.78, 5) is 11.2. The molecule has 0 aliphatic rings. The van der Waals surface area contributed by atoms with Crippen LogP contribution in [0.4, 0.5) is 13.2 Å². The van der Waals surface area contributed by atoms with Crippen molar-refractivity contribution in [3.05, 3.63) is 35.4 Å². The summed E-state index contributed by atoms with van der Waals surface area (Å²) in [7, 11) is 1.23. The van der Waals surface area contributed by atoms with Gasteiger partial charge in [0.2, 0.25) is 0 Å². The third-order valence-corrected chi connectivity index (χ3v) is 2.61. The molecule has 0 aliphatic carbocycles. The highest BCUT2D eigenvalue weighted by Gasteiger charge is 2.28. The molecule has 19 heavy (non-hydrogen) atoms. The molecule has 0 fully saturated rings. The van der Waals surface area contributed by atoms with Crippen LogP contribution in [0.15, 0.2) is 24.3 Å². The number of alkyl halides is 3. The molecule has 0 heterocycles. The van der Waals surface area contributed by atoms with Crippen molar-refractivity contribution < 1.29 is 22.7 Å². The molecule has 0 amide bonds. The summed E-state index contributed by atoms with van der Waals surface area (Å²) in [6.07, 6.45) is -5.58. The van der Waals surface area contributed by atoms with E-state index in [4.69, 9.17) is 5.26 Å². The first-order valence-electron chi connectivity index (χ1n) is 5.52. The Labute approximate surface area is 108 Å². The number of methoxy groups -OCH3 is 1. The van der Waals surface area contributed by atoms with Gasteiger partial charge in [0, 0.05) is 6.42 Å². The van der Waals surface area contributed by atoms with Gasteiger partial charge in [-0.3, -0.25) is 0 Å². The lowest BCUT2D eigenvalue weighted by Gasteiger charge is -2.11. The Morgan fingerprint density at radius 2 is 1.95 bits per heavy atom. The first kappa shape index (κ1) is 15.0. The minimum absolute atomic E-state index is 0.291. The summed E-state index contributed by atoms with van der Waals surface area (Å²) < 4.78 is 40.8. The maximum Gasteiger partial charge on any atom is 0.389 e. The van der Waals surface area contributed by atoms with Crippen LogP contribution in [0.25, 0.3) is 0 Å². The number of hydrogen-bond acceptors (Lipinski definition) is 3. The van der Waals surface area contributed by atoms with Crippen LogP contribution in [0.5, 0.6) is 0 Å². The largest absolute Gasteiger partial charge is 0.465 e. The molecule has 1 atom stereocenters. The molecular formula is C13H12F3NO2. The minimum Gasteiger partial charge on any atom is -0.465 e. The van der Waals surface area contributed by atoms with Crippen LogP contribution in [-0.2, 0) is 4.74 Å². The monoisotopic (exact) mass is 271 g/mol. The normalized spacial score (nSPS) is 12.6. The number of benzene rings is 1. The molecule has 0 saturated carbocycles. The fraction of sp³-hybridized carbons (Fsp3) is 0.385. The van der Waals surface area contributed by atoms with Gasteiger partial charge in [0.1, 0.15) is 0 Å². The number of nitrogens with zero attached hydrogens (tertiary/aromatic N) is 1. The Bertz CT molecular complexity index is 474. The van der Waals surface area contributed by atoms with Crippen LogP contribution < -0.4 is 0 Å². The Kier molecular flexibility index (Phi) is 4.93. The number of nitriles is 1. The van der Waals surface area contributed by atoms with E-state index in [1.165, 1.54) is 31.4 Å². The van der Waals surface area contributed by atoms with E-state index in [0.717, 1.165) is 0 Å². The van der Waals surface area contributed by atoms with Crippen molar-refractivity contribution in [3.63, 3.8) is 0 Å². The Morgan fingerprint density at radius 1 is 1.37 bits per heavy atom. The molecule has 6 heteroatoms. The van der Waals surface area contributed by atoms with Crippen LogP contribution >= 0.6 is 0 Å². The smallest absolute Gasteiger partial charge is 0.389 e. The topological polar surface area (TPSA) is 50.1 Å². The van der Waals surface area contributed by atoms with E-state index in [1.54, 1.807) is 0 Å². The van der Waals surface area contributed by atoms with Crippen molar-refractivity contribution in [1.82, 2.24) is 0 Å². The zero-order valence-corrected chi connectivity index (χ0v) is 10.2. The van der Waals surface area contributed by atoms with E-state index < -0.39 is 24.5 Å². The van der Waals surface area contributed by atoms with E-state index >= 15 is 0 Å². The van der Waals surface area contributed by atoms with Gasteiger partial charge >= 0.3 is 12.1 Å². The second kappa shape index (κ2) is 6.23. The van der Waals surface area contributed by atoms with E-state index in [9.17, 15) is 18.0 Å². The van der Waals surface area contributed by atoms with Crippen LogP contribution in [0.2, 0.25) is 0 Å². The first-order chi connectivity index (χ1) is 8.87. The lowest BCUT2D eigenvalue weighted by atomic mass is 9.95. The average Bonchev–Trinajstić information content (AvgIpc) is 2.38. The zero-order valence-electron chi connectivity index (χ0n) is 10.2. The predicted octanol–water partition coefficient (Wildman–Crippen LogP) is 3.42. The standard InChI is InChI=1S/C13H12F3NO2/c1-19-12(18)10-4-2-9(3-5-10)11(8-17)6-7-13(14,15)16/h2-5,11H,6-7H2,1H3/t11-/m1/s1. The molecule has 0 saturated heterocycles. The minimum atomic E-state index is -4.28. The summed E-state index contributed by atoms with van der Waals surface area (Å²) in [5.41, 5.74) is 0.748. The molecule has 1 aromatic rings. The highest BCUT2D eigenvalue weighted by molar-refractivity contribution is 5.89. The number of hydrogen-bond donors (Lipinski definition) is 0. The summed E-state index contributed by atoms with van der Waals surface area (Å²) in [5.74, 6) is -1.37. The van der Waals surface area contributed by atoms with Crippen molar-refractivity contribution in [3.8, 4) is 6.07 Å². The van der Waals surface area contributed by atoms with Gasteiger partial charge in [-0.05, 0) is 24.1 Å². The Hall–Kier alpha value is -2.03. The quantitative estimate of drug-likeness (QED) is 0.788. The number of carbonyl (C=O) groups excluding carboxylic acids is 1. The van der Waals surface area contributed by atoms with E-state index in [-0.39, 0.29) is 6.42 Å². The zero-order chi connectivity index (χ0) is 14.5. The molecule has 3 nitrogen and oxygen atoms in total. The number of esters is 1. The van der Waals surface area contributed by atoms with Crippen LogP contribution in [0, 0.1) is 11.3 Å². The Balaban J connectivity index is 2.78. The second-order valence-corrected chi connectivity index (χ2v) is 3.95. The number of halogens is 3. The van der Waals surface area contributed by atoms with Crippen molar-refractivity contribution in [2.45, 2.75) is 24.9 Å². The van der Waals surface area contributed by atoms with Crippen LogP contribution in [0.3, 0.4) is 0 Å². The first-order valence-corrected chi connectivity index (χ1v) is 5.52. The lowest BCUT2D eigenvalue weighted by Crippen LogP contribution is -2.09. The number of carbonyl (C=O) groups is 1. The Morgan fingerprint density at radius 3 is 2.37 bits per heavy atom. The van der Waals surface area contributed by atoms with Crippen LogP contribution in [0.1, 0.15) is 34.7 Å². The second-order valence-electron chi connectivity index (χ2n) is 3.95. The molecule has 0 N–H and O–H groups in total. The predicted molar refractivity (Wildman–Crippen MR) is 61.4 cm³/mol. The summed E-state index contributed by atoms with van der Waals surface area (Å²) >= 11 is 0. The van der Waals surface area contributed by atoms with Gasteiger partial charge in [0.15, 0.2) is 0 Å². The highest BCUT2D eigenvalue weighted by atomic mass is 19.4. The van der Waals surface area contributed by atoms with Crippen LogP contribution in [-0.4, -0.2) is 19.3 Å².